The van der Waals surface area contributed by atoms with Crippen molar-refractivity contribution in [2.24, 2.45) is 7.05 Å². The third kappa shape index (κ3) is 5.81. The first kappa shape index (κ1) is 25.9. The second-order valence-electron chi connectivity index (χ2n) is 9.31. The summed E-state index contributed by atoms with van der Waals surface area (Å²) in [7, 11) is 9.75. The van der Waals surface area contributed by atoms with Gasteiger partial charge in [-0.3, -0.25) is 4.79 Å². The van der Waals surface area contributed by atoms with Crippen LogP contribution in [0.1, 0.15) is 11.4 Å². The molecule has 0 saturated carbocycles. The minimum atomic E-state index is -0.271. The van der Waals surface area contributed by atoms with Crippen LogP contribution in [-0.2, 0) is 18.3 Å². The fraction of sp³-hybridized carbons (Fsp3) is 0.276. The molecule has 0 saturated heterocycles. The Labute approximate surface area is 218 Å². The molecule has 4 aromatic rings. The number of carbonyl (C=O) groups is 1. The number of nitrogens with zero attached hydrogens (tertiary/aromatic N) is 5. The number of nitrogens with one attached hydrogen (secondary N) is 1. The van der Waals surface area contributed by atoms with E-state index in [1.807, 2.05) is 58.5 Å². The Kier molecular flexibility index (Phi) is 7.89. The summed E-state index contributed by atoms with van der Waals surface area (Å²) in [5.41, 5.74) is 5.50. The number of amides is 1. The number of aromatic nitrogens is 3. The molecule has 0 spiro atoms. The number of hydrogen-bond acceptors (Lipinski definition) is 6. The van der Waals surface area contributed by atoms with E-state index in [0.29, 0.717) is 23.7 Å². The number of methoxy groups -OCH3 is 1. The normalized spacial score (nSPS) is 11.1. The van der Waals surface area contributed by atoms with E-state index in [9.17, 15) is 4.79 Å². The monoisotopic (exact) mass is 498 g/mol. The van der Waals surface area contributed by atoms with Gasteiger partial charge >= 0.3 is 0 Å². The van der Waals surface area contributed by atoms with Crippen LogP contribution in [0.4, 0.5) is 11.4 Å². The molecule has 192 valence electrons. The Hall–Kier alpha value is -4.17. The molecule has 37 heavy (non-hydrogen) atoms. The predicted octanol–water partition coefficient (Wildman–Crippen LogP) is 4.36. The average molecular weight is 499 g/mol. The van der Waals surface area contributed by atoms with Crippen molar-refractivity contribution in [3.05, 3.63) is 78.9 Å². The fourth-order valence-electron chi connectivity index (χ4n) is 4.36. The first-order valence-electron chi connectivity index (χ1n) is 12.2. The smallest absolute Gasteiger partial charge is 0.247 e. The summed E-state index contributed by atoms with van der Waals surface area (Å²) in [6.45, 7) is 5.24. The Morgan fingerprint density at radius 3 is 2.68 bits per heavy atom. The minimum absolute atomic E-state index is 0.271. The van der Waals surface area contributed by atoms with Crippen molar-refractivity contribution in [2.75, 3.05) is 51.6 Å². The van der Waals surface area contributed by atoms with Gasteiger partial charge in [-0.25, -0.2) is 9.97 Å². The Bertz CT molecular complexity index is 1430. The van der Waals surface area contributed by atoms with Crippen LogP contribution in [0, 0.1) is 0 Å². The number of ether oxygens (including phenoxy) is 1. The molecule has 0 aliphatic rings. The third-order valence-electron chi connectivity index (χ3n) is 6.36. The van der Waals surface area contributed by atoms with E-state index in [0.717, 1.165) is 46.5 Å². The van der Waals surface area contributed by atoms with Gasteiger partial charge in [0.25, 0.3) is 0 Å². The number of para-hydroxylation sites is 1. The number of hydrogen-bond donors (Lipinski definition) is 1. The molecule has 2 heterocycles. The highest BCUT2D eigenvalue weighted by Gasteiger charge is 2.17. The molecule has 0 aliphatic carbocycles. The molecule has 4 rings (SSSR count). The van der Waals surface area contributed by atoms with Gasteiger partial charge in [0.05, 0.1) is 24.2 Å². The van der Waals surface area contributed by atoms with Crippen molar-refractivity contribution >= 4 is 28.2 Å². The fourth-order valence-corrected chi connectivity index (χ4v) is 4.36. The molecule has 8 nitrogen and oxygen atoms in total. The molecule has 0 unspecified atom stereocenters. The summed E-state index contributed by atoms with van der Waals surface area (Å²) in [5.74, 6) is 1.11. The standard InChI is InChI=1S/C29H34N6O2/c1-7-29(36)32-24-16-20(27(37-6)18-26(24)34(4)15-14-33(2)3)17-28-30-13-12-23(31-28)22-19-35(5)25-11-9-8-10-21(22)25/h7-13,16,18-19H,1,14-15,17H2,2-6H3,(H,32,36). The third-order valence-corrected chi connectivity index (χ3v) is 6.36. The topological polar surface area (TPSA) is 75.5 Å². The Morgan fingerprint density at radius 1 is 1.16 bits per heavy atom. The van der Waals surface area contributed by atoms with E-state index < -0.39 is 0 Å². The maximum atomic E-state index is 12.2. The molecule has 0 radical (unpaired) electrons. The van der Waals surface area contributed by atoms with E-state index in [1.165, 1.54) is 6.08 Å². The quantitative estimate of drug-likeness (QED) is 0.328. The van der Waals surface area contributed by atoms with Crippen molar-refractivity contribution in [1.29, 1.82) is 0 Å². The number of fused-ring (bicyclic) bond motifs is 1. The number of anilines is 2. The zero-order chi connectivity index (χ0) is 26.5. The lowest BCUT2D eigenvalue weighted by molar-refractivity contribution is -0.111. The van der Waals surface area contributed by atoms with E-state index in [1.54, 1.807) is 13.3 Å². The van der Waals surface area contributed by atoms with Crippen LogP contribution in [-0.4, -0.2) is 66.7 Å². The van der Waals surface area contributed by atoms with E-state index >= 15 is 0 Å². The van der Waals surface area contributed by atoms with Crippen LogP contribution >= 0.6 is 0 Å². The molecule has 0 aliphatic heterocycles. The number of likely N-dealkylation sites (N-methyl/N-ethyl adjacent to an activating group) is 2. The molecule has 0 atom stereocenters. The molecular weight excluding hydrogens is 464 g/mol. The van der Waals surface area contributed by atoms with Gasteiger partial charge in [-0.2, -0.15) is 0 Å². The zero-order valence-corrected chi connectivity index (χ0v) is 22.2. The van der Waals surface area contributed by atoms with E-state index in [2.05, 4.69) is 49.6 Å². The van der Waals surface area contributed by atoms with Crippen LogP contribution in [0.15, 0.2) is 67.5 Å². The van der Waals surface area contributed by atoms with Gasteiger partial charge in [0.1, 0.15) is 11.6 Å². The van der Waals surface area contributed by atoms with Crippen LogP contribution < -0.4 is 15.0 Å². The highest BCUT2D eigenvalue weighted by atomic mass is 16.5. The second-order valence-corrected chi connectivity index (χ2v) is 9.31. The Morgan fingerprint density at radius 2 is 1.95 bits per heavy atom. The van der Waals surface area contributed by atoms with Gasteiger partial charge < -0.3 is 24.4 Å². The molecule has 0 bridgehead atoms. The summed E-state index contributed by atoms with van der Waals surface area (Å²) < 4.78 is 7.87. The van der Waals surface area contributed by atoms with Gasteiger partial charge in [-0.1, -0.05) is 24.8 Å². The highest BCUT2D eigenvalue weighted by molar-refractivity contribution is 6.01. The van der Waals surface area contributed by atoms with Gasteiger partial charge in [0.2, 0.25) is 5.91 Å². The molecule has 0 fully saturated rings. The summed E-state index contributed by atoms with van der Waals surface area (Å²) >= 11 is 0. The number of benzene rings is 2. The maximum Gasteiger partial charge on any atom is 0.247 e. The van der Waals surface area contributed by atoms with E-state index in [-0.39, 0.29) is 5.91 Å². The van der Waals surface area contributed by atoms with Crippen molar-refractivity contribution in [2.45, 2.75) is 6.42 Å². The lowest BCUT2D eigenvalue weighted by Gasteiger charge is -2.25. The summed E-state index contributed by atoms with van der Waals surface area (Å²) in [6.07, 6.45) is 5.60. The van der Waals surface area contributed by atoms with Crippen molar-refractivity contribution < 1.29 is 9.53 Å². The first-order valence-corrected chi connectivity index (χ1v) is 12.2. The lowest BCUT2D eigenvalue weighted by atomic mass is 10.1. The van der Waals surface area contributed by atoms with Gasteiger partial charge in [0.15, 0.2) is 0 Å². The minimum Gasteiger partial charge on any atom is -0.496 e. The SMILES string of the molecule is C=CC(=O)Nc1cc(Cc2nccc(-c3cn(C)c4ccccc34)n2)c(OC)cc1N(C)CCN(C)C. The van der Waals surface area contributed by atoms with Crippen molar-refractivity contribution in [1.82, 2.24) is 19.4 Å². The second kappa shape index (κ2) is 11.3. The first-order chi connectivity index (χ1) is 17.8. The number of aryl methyl sites for hydroxylation is 1. The summed E-state index contributed by atoms with van der Waals surface area (Å²) in [6, 6.07) is 14.1. The number of rotatable bonds is 10. The molecule has 2 aromatic heterocycles. The van der Waals surface area contributed by atoms with Crippen LogP contribution in [0.5, 0.6) is 5.75 Å². The van der Waals surface area contributed by atoms with Crippen molar-refractivity contribution in [3.8, 4) is 17.0 Å². The summed E-state index contributed by atoms with van der Waals surface area (Å²) in [4.78, 5) is 25.9. The highest BCUT2D eigenvalue weighted by Crippen LogP contribution is 2.35. The maximum absolute atomic E-state index is 12.2. The van der Waals surface area contributed by atoms with Gasteiger partial charge in [-0.05, 0) is 38.4 Å². The molecule has 1 N–H and O–H groups in total. The zero-order valence-electron chi connectivity index (χ0n) is 22.2. The molecule has 2 aromatic carbocycles. The molecular formula is C29H34N6O2. The molecule has 8 heteroatoms. The van der Waals surface area contributed by atoms with Crippen LogP contribution in [0.3, 0.4) is 0 Å². The van der Waals surface area contributed by atoms with E-state index in [4.69, 9.17) is 9.72 Å². The lowest BCUT2D eigenvalue weighted by Crippen LogP contribution is -2.29. The predicted molar refractivity (Wildman–Crippen MR) is 150 cm³/mol. The largest absolute Gasteiger partial charge is 0.496 e. The van der Waals surface area contributed by atoms with Crippen LogP contribution in [0.25, 0.3) is 22.2 Å². The van der Waals surface area contributed by atoms with Crippen LogP contribution in [0.2, 0.25) is 0 Å². The average Bonchev–Trinajstić information content (AvgIpc) is 3.24. The van der Waals surface area contributed by atoms with Gasteiger partial charge in [0, 0.05) is 74.1 Å². The Balaban J connectivity index is 1.71. The van der Waals surface area contributed by atoms with Crippen molar-refractivity contribution in [3.63, 3.8) is 0 Å². The van der Waals surface area contributed by atoms with Gasteiger partial charge in [-0.15, -0.1) is 0 Å². The molecule has 1 amide bonds. The summed E-state index contributed by atoms with van der Waals surface area (Å²) in [5, 5.41) is 4.10. The number of carbonyl (C=O) groups excluding carboxylic acids is 1.